The van der Waals surface area contributed by atoms with Crippen molar-refractivity contribution in [1.29, 1.82) is 0 Å². The molecule has 2 aromatic carbocycles. The Balaban J connectivity index is 2.33. The van der Waals surface area contributed by atoms with Gasteiger partial charge in [0.15, 0.2) is 5.78 Å². The molecule has 4 nitrogen and oxygen atoms in total. The van der Waals surface area contributed by atoms with Crippen molar-refractivity contribution >= 4 is 5.78 Å². The van der Waals surface area contributed by atoms with Gasteiger partial charge in [-0.2, -0.15) is 0 Å². The van der Waals surface area contributed by atoms with Crippen molar-refractivity contribution in [3.8, 4) is 11.5 Å². The van der Waals surface area contributed by atoms with Crippen molar-refractivity contribution in [1.82, 2.24) is 0 Å². The first-order valence-electron chi connectivity index (χ1n) is 10.1. The molecule has 0 aromatic heterocycles. The first kappa shape index (κ1) is 22.7. The number of hydrogen-bond donors (Lipinski definition) is 2. The second kappa shape index (κ2) is 10.3. The molecule has 2 aromatic rings. The molecule has 0 aliphatic heterocycles. The Morgan fingerprint density at radius 2 is 1.62 bits per heavy atom. The molecule has 0 fully saturated rings. The number of Topliss-reactive ketones (excluding diaryl/α,β-unsaturated/α-hetero) is 1. The molecule has 0 heterocycles. The number of ketones is 1. The molecule has 2 rings (SSSR count). The molecule has 0 saturated heterocycles. The second-order valence-corrected chi connectivity index (χ2v) is 8.15. The van der Waals surface area contributed by atoms with E-state index in [0.29, 0.717) is 12.3 Å². The van der Waals surface area contributed by atoms with E-state index in [1.165, 1.54) is 11.8 Å². The van der Waals surface area contributed by atoms with Gasteiger partial charge in [0.1, 0.15) is 18.1 Å². The molecular weight excluding hydrogens is 364 g/mol. The molecule has 0 saturated carbocycles. The molecule has 156 valence electrons. The molecule has 0 aliphatic rings. The first-order chi connectivity index (χ1) is 13.8. The van der Waals surface area contributed by atoms with Gasteiger partial charge in [-0.25, -0.2) is 0 Å². The molecule has 2 atom stereocenters. The van der Waals surface area contributed by atoms with E-state index < -0.39 is 12.0 Å². The molecule has 0 aliphatic carbocycles. The highest BCUT2D eigenvalue weighted by Gasteiger charge is 2.32. The number of ether oxygens (including phenoxy) is 1. The van der Waals surface area contributed by atoms with Gasteiger partial charge < -0.3 is 14.9 Å². The Morgan fingerprint density at radius 1 is 1.07 bits per heavy atom. The number of rotatable bonds is 11. The minimum atomic E-state index is -0.622. The Morgan fingerprint density at radius 3 is 2.14 bits per heavy atom. The number of hydrogen-bond acceptors (Lipinski definition) is 4. The van der Waals surface area contributed by atoms with Gasteiger partial charge in [-0.15, -0.1) is 0 Å². The van der Waals surface area contributed by atoms with Crippen LogP contribution in [0.2, 0.25) is 0 Å². The third kappa shape index (κ3) is 6.20. The molecule has 0 spiro atoms. The summed E-state index contributed by atoms with van der Waals surface area (Å²) < 4.78 is 5.33. The Labute approximate surface area is 173 Å². The minimum absolute atomic E-state index is 0.136. The highest BCUT2D eigenvalue weighted by atomic mass is 16.5. The number of carbonyl (C=O) groups is 1. The van der Waals surface area contributed by atoms with Crippen LogP contribution < -0.4 is 4.74 Å². The number of aromatic hydroxyl groups is 1. The van der Waals surface area contributed by atoms with E-state index in [9.17, 15) is 15.0 Å². The number of phenols is 1. The number of aliphatic hydroxyl groups excluding tert-OH is 1. The van der Waals surface area contributed by atoms with E-state index in [1.807, 2.05) is 50.2 Å². The van der Waals surface area contributed by atoms with Gasteiger partial charge in [0.25, 0.3) is 0 Å². The number of carbonyl (C=O) groups excluding carboxylic acids is 1. The fraction of sp³-hybridized carbons (Fsp3) is 0.400. The Kier molecular flexibility index (Phi) is 8.03. The molecular formula is C25H32O4. The lowest BCUT2D eigenvalue weighted by molar-refractivity contribution is -0.130. The van der Waals surface area contributed by atoms with E-state index in [-0.39, 0.29) is 17.5 Å². The lowest BCUT2D eigenvalue weighted by Gasteiger charge is -2.31. The first-order valence-corrected chi connectivity index (χ1v) is 10.1. The summed E-state index contributed by atoms with van der Waals surface area (Å²) in [5.41, 5.74) is 1.69. The van der Waals surface area contributed by atoms with Gasteiger partial charge in [-0.05, 0) is 66.5 Å². The SMILES string of the molecule is C=COc1ccc(C(CC(CC)c2ccc(O)cc2)CC(C)(C)C(=O)CO)cc1. The van der Waals surface area contributed by atoms with Crippen LogP contribution in [-0.2, 0) is 4.79 Å². The standard InChI is InChI=1S/C25H32O4/c1-5-18(19-7-11-22(27)12-8-19)15-21(16-25(3,4)24(28)17-26)20-9-13-23(14-10-20)29-6-2/h6-14,18,21,26-27H,2,5,15-17H2,1,3-4H3. The predicted molar refractivity (Wildman–Crippen MR) is 116 cm³/mol. The molecule has 29 heavy (non-hydrogen) atoms. The zero-order valence-corrected chi connectivity index (χ0v) is 17.6. The average molecular weight is 397 g/mol. The van der Waals surface area contributed by atoms with Crippen LogP contribution in [0.25, 0.3) is 0 Å². The van der Waals surface area contributed by atoms with E-state index in [0.717, 1.165) is 24.2 Å². The van der Waals surface area contributed by atoms with Crippen LogP contribution in [0.4, 0.5) is 0 Å². The van der Waals surface area contributed by atoms with Crippen LogP contribution in [0.3, 0.4) is 0 Å². The fourth-order valence-corrected chi connectivity index (χ4v) is 3.82. The largest absolute Gasteiger partial charge is 0.508 e. The van der Waals surface area contributed by atoms with Gasteiger partial charge in [-0.3, -0.25) is 4.79 Å². The molecule has 4 heteroatoms. The number of benzene rings is 2. The summed E-state index contributed by atoms with van der Waals surface area (Å²) in [5.74, 6) is 1.26. The molecule has 2 N–H and O–H groups in total. The summed E-state index contributed by atoms with van der Waals surface area (Å²) in [4.78, 5) is 12.3. The predicted octanol–water partition coefficient (Wildman–Crippen LogP) is 5.56. The lowest BCUT2D eigenvalue weighted by atomic mass is 9.73. The van der Waals surface area contributed by atoms with Crippen molar-refractivity contribution in [2.75, 3.05) is 6.61 Å². The lowest BCUT2D eigenvalue weighted by Crippen LogP contribution is -2.29. The van der Waals surface area contributed by atoms with Crippen molar-refractivity contribution in [3.63, 3.8) is 0 Å². The van der Waals surface area contributed by atoms with Gasteiger partial charge in [-0.1, -0.05) is 51.6 Å². The smallest absolute Gasteiger partial charge is 0.163 e. The summed E-state index contributed by atoms with van der Waals surface area (Å²) in [6.07, 6.45) is 3.86. The van der Waals surface area contributed by atoms with E-state index in [2.05, 4.69) is 13.5 Å². The normalized spacial score (nSPS) is 13.5. The molecule has 0 bridgehead atoms. The van der Waals surface area contributed by atoms with Crippen LogP contribution >= 0.6 is 0 Å². The maximum absolute atomic E-state index is 12.3. The van der Waals surface area contributed by atoms with Gasteiger partial charge in [0, 0.05) is 5.41 Å². The van der Waals surface area contributed by atoms with Crippen LogP contribution in [0.1, 0.15) is 63.0 Å². The molecule has 2 unspecified atom stereocenters. The van der Waals surface area contributed by atoms with E-state index >= 15 is 0 Å². The summed E-state index contributed by atoms with van der Waals surface area (Å²) >= 11 is 0. The van der Waals surface area contributed by atoms with Gasteiger partial charge >= 0.3 is 0 Å². The van der Waals surface area contributed by atoms with Crippen molar-refractivity contribution in [3.05, 3.63) is 72.5 Å². The third-order valence-corrected chi connectivity index (χ3v) is 5.65. The summed E-state index contributed by atoms with van der Waals surface area (Å²) in [5, 5.41) is 19.0. The van der Waals surface area contributed by atoms with Crippen LogP contribution in [0.15, 0.2) is 61.4 Å². The second-order valence-electron chi connectivity index (χ2n) is 8.15. The monoisotopic (exact) mass is 396 g/mol. The maximum Gasteiger partial charge on any atom is 0.163 e. The molecule has 0 amide bonds. The summed E-state index contributed by atoms with van der Waals surface area (Å²) in [6, 6.07) is 15.2. The molecule has 0 radical (unpaired) electrons. The summed E-state index contributed by atoms with van der Waals surface area (Å²) in [6.45, 7) is 9.08. The van der Waals surface area contributed by atoms with E-state index in [1.54, 1.807) is 12.1 Å². The fourth-order valence-electron chi connectivity index (χ4n) is 3.82. The van der Waals surface area contributed by atoms with Crippen molar-refractivity contribution in [2.24, 2.45) is 5.41 Å². The Hall–Kier alpha value is -2.59. The third-order valence-electron chi connectivity index (χ3n) is 5.65. The van der Waals surface area contributed by atoms with Gasteiger partial charge in [0.2, 0.25) is 0 Å². The highest BCUT2D eigenvalue weighted by molar-refractivity contribution is 5.85. The summed E-state index contributed by atoms with van der Waals surface area (Å²) in [7, 11) is 0. The Bertz CT molecular complexity index is 791. The van der Waals surface area contributed by atoms with Crippen LogP contribution in [0.5, 0.6) is 11.5 Å². The van der Waals surface area contributed by atoms with Crippen molar-refractivity contribution in [2.45, 2.75) is 51.9 Å². The minimum Gasteiger partial charge on any atom is -0.508 e. The van der Waals surface area contributed by atoms with Gasteiger partial charge in [0.05, 0.1) is 6.26 Å². The van der Waals surface area contributed by atoms with E-state index in [4.69, 9.17) is 4.74 Å². The van der Waals surface area contributed by atoms with Crippen LogP contribution in [0, 0.1) is 5.41 Å². The number of phenolic OH excluding ortho intramolecular Hbond substituents is 1. The number of aliphatic hydroxyl groups is 1. The topological polar surface area (TPSA) is 66.8 Å². The highest BCUT2D eigenvalue weighted by Crippen LogP contribution is 2.40. The van der Waals surface area contributed by atoms with Crippen LogP contribution in [-0.4, -0.2) is 22.6 Å². The average Bonchev–Trinajstić information content (AvgIpc) is 2.72. The zero-order chi connectivity index (χ0) is 21.4. The maximum atomic E-state index is 12.3. The van der Waals surface area contributed by atoms with Crippen molar-refractivity contribution < 1.29 is 19.7 Å². The zero-order valence-electron chi connectivity index (χ0n) is 17.6. The quantitative estimate of drug-likeness (QED) is 0.488.